The Bertz CT molecular complexity index is 1200. The van der Waals surface area contributed by atoms with Crippen LogP contribution in [0.3, 0.4) is 0 Å². The maximum atomic E-state index is 13.8. The molecule has 6 heteroatoms. The summed E-state index contributed by atoms with van der Waals surface area (Å²) >= 11 is 0. The Kier molecular flexibility index (Phi) is 6.20. The highest BCUT2D eigenvalue weighted by atomic mass is 16.6. The molecule has 1 aliphatic rings. The lowest BCUT2D eigenvalue weighted by Gasteiger charge is -2.26. The molecule has 1 saturated heterocycles. The summed E-state index contributed by atoms with van der Waals surface area (Å²) in [6, 6.07) is 20.6. The normalized spacial score (nSPS) is 20.5. The zero-order valence-electron chi connectivity index (χ0n) is 18.9. The summed E-state index contributed by atoms with van der Waals surface area (Å²) in [7, 11) is 1.86. The van der Waals surface area contributed by atoms with Crippen LogP contribution in [0.4, 0.5) is 5.69 Å². The predicted octanol–water partition coefficient (Wildman–Crippen LogP) is 5.20. The molecule has 0 aliphatic carbocycles. The fourth-order valence-corrected chi connectivity index (χ4v) is 4.73. The van der Waals surface area contributed by atoms with Gasteiger partial charge in [-0.1, -0.05) is 71.8 Å². The van der Waals surface area contributed by atoms with E-state index in [1.807, 2.05) is 50.1 Å². The van der Waals surface area contributed by atoms with E-state index >= 15 is 0 Å². The van der Waals surface area contributed by atoms with Gasteiger partial charge in [0.2, 0.25) is 0 Å². The molecule has 168 valence electrons. The van der Waals surface area contributed by atoms with E-state index in [4.69, 9.17) is 0 Å². The minimum absolute atomic E-state index is 0.0317. The van der Waals surface area contributed by atoms with Gasteiger partial charge in [-0.2, -0.15) is 0 Å². The second-order valence-corrected chi connectivity index (χ2v) is 8.83. The molecule has 1 aliphatic heterocycles. The highest BCUT2D eigenvalue weighted by Gasteiger charge is 2.48. The lowest BCUT2D eigenvalue weighted by atomic mass is 9.78. The van der Waals surface area contributed by atoms with E-state index in [2.05, 4.69) is 0 Å². The van der Waals surface area contributed by atoms with E-state index in [0.29, 0.717) is 23.2 Å². The topological polar surface area (TPSA) is 80.5 Å². The summed E-state index contributed by atoms with van der Waals surface area (Å²) in [4.78, 5) is 40.3. The lowest BCUT2D eigenvalue weighted by molar-refractivity contribution is -0.385. The molecule has 0 aromatic heterocycles. The number of non-ortho nitro benzene ring substituents is 1. The average molecular weight is 443 g/mol. The molecule has 0 unspecified atom stereocenters. The van der Waals surface area contributed by atoms with Gasteiger partial charge in [0.1, 0.15) is 0 Å². The smallest absolute Gasteiger partial charge is 0.269 e. The molecule has 3 aromatic carbocycles. The van der Waals surface area contributed by atoms with E-state index in [1.165, 1.54) is 12.1 Å². The number of hydrogen-bond donors (Lipinski definition) is 0. The van der Waals surface area contributed by atoms with Gasteiger partial charge >= 0.3 is 0 Å². The fraction of sp³-hybridized carbons (Fsp3) is 0.259. The Hall–Kier alpha value is -3.64. The molecule has 4 rings (SSSR count). The Morgan fingerprint density at radius 3 is 1.97 bits per heavy atom. The van der Waals surface area contributed by atoms with Crippen LogP contribution in [0.15, 0.2) is 72.8 Å². The number of benzene rings is 3. The number of aryl methyl sites for hydroxylation is 2. The van der Waals surface area contributed by atoms with Crippen molar-refractivity contribution in [3.8, 4) is 0 Å². The van der Waals surface area contributed by atoms with Crippen molar-refractivity contribution >= 4 is 17.3 Å². The van der Waals surface area contributed by atoms with Gasteiger partial charge in [0, 0.05) is 41.8 Å². The van der Waals surface area contributed by atoms with Crippen LogP contribution in [0.25, 0.3) is 0 Å². The monoisotopic (exact) mass is 442 g/mol. The van der Waals surface area contributed by atoms with E-state index < -0.39 is 22.8 Å². The zero-order valence-corrected chi connectivity index (χ0v) is 18.9. The highest BCUT2D eigenvalue weighted by molar-refractivity contribution is 6.06. The lowest BCUT2D eigenvalue weighted by Crippen LogP contribution is -2.30. The van der Waals surface area contributed by atoms with E-state index in [-0.39, 0.29) is 17.3 Å². The minimum Gasteiger partial charge on any atom is -0.298 e. The van der Waals surface area contributed by atoms with Crippen LogP contribution in [-0.2, 0) is 0 Å². The molecule has 3 aromatic rings. The number of rotatable bonds is 6. The number of hydrogen-bond acceptors (Lipinski definition) is 5. The Balaban J connectivity index is 1.79. The Morgan fingerprint density at radius 1 is 0.879 bits per heavy atom. The number of carbonyl (C=O) groups excluding carboxylic acids is 2. The van der Waals surface area contributed by atoms with Crippen LogP contribution < -0.4 is 0 Å². The molecule has 1 fully saturated rings. The molecule has 1 heterocycles. The Labute approximate surface area is 193 Å². The summed E-state index contributed by atoms with van der Waals surface area (Å²) in [5, 5.41) is 11.4. The highest BCUT2D eigenvalue weighted by Crippen LogP contribution is 2.43. The number of nitro groups is 1. The van der Waals surface area contributed by atoms with E-state index in [9.17, 15) is 19.7 Å². The van der Waals surface area contributed by atoms with Gasteiger partial charge in [-0.3, -0.25) is 24.6 Å². The molecule has 0 N–H and O–H groups in total. The van der Waals surface area contributed by atoms with E-state index in [1.54, 1.807) is 36.4 Å². The van der Waals surface area contributed by atoms with Crippen LogP contribution in [0.2, 0.25) is 0 Å². The molecule has 0 saturated carbocycles. The van der Waals surface area contributed by atoms with Crippen LogP contribution in [-0.4, -0.2) is 35.0 Å². The maximum Gasteiger partial charge on any atom is 0.269 e. The predicted molar refractivity (Wildman–Crippen MR) is 126 cm³/mol. The Morgan fingerprint density at radius 2 is 1.42 bits per heavy atom. The largest absolute Gasteiger partial charge is 0.298 e. The molecule has 0 radical (unpaired) electrons. The zero-order chi connectivity index (χ0) is 23.7. The van der Waals surface area contributed by atoms with Crippen LogP contribution >= 0.6 is 0 Å². The summed E-state index contributed by atoms with van der Waals surface area (Å²) < 4.78 is 0. The van der Waals surface area contributed by atoms with Crippen molar-refractivity contribution in [2.75, 3.05) is 13.6 Å². The molecule has 3 atom stereocenters. The first-order valence-corrected chi connectivity index (χ1v) is 10.9. The molecular weight excluding hydrogens is 416 g/mol. The number of Topliss-reactive ketones (excluding diaryl/α,β-unsaturated/α-hetero) is 2. The van der Waals surface area contributed by atoms with Gasteiger partial charge in [0.15, 0.2) is 11.6 Å². The van der Waals surface area contributed by atoms with Gasteiger partial charge in [0.05, 0.1) is 10.8 Å². The van der Waals surface area contributed by atoms with Crippen molar-refractivity contribution in [3.05, 3.63) is 111 Å². The molecule has 0 spiro atoms. The summed E-state index contributed by atoms with van der Waals surface area (Å²) in [5.74, 6) is -1.43. The van der Waals surface area contributed by atoms with Gasteiger partial charge in [-0.05, 0) is 26.5 Å². The first-order chi connectivity index (χ1) is 15.8. The third kappa shape index (κ3) is 4.47. The van der Waals surface area contributed by atoms with Crippen LogP contribution in [0.1, 0.15) is 43.4 Å². The van der Waals surface area contributed by atoms with Crippen molar-refractivity contribution in [3.63, 3.8) is 0 Å². The number of ketones is 2. The first kappa shape index (κ1) is 22.6. The molecule has 0 amide bonds. The van der Waals surface area contributed by atoms with Gasteiger partial charge in [-0.25, -0.2) is 0 Å². The third-order valence-electron chi connectivity index (χ3n) is 6.47. The van der Waals surface area contributed by atoms with Crippen LogP contribution in [0, 0.1) is 35.8 Å². The standard InChI is InChI=1S/C27H26N2O4/c1-17-7-11-19(12-8-17)26(30)23-16-28(3)25(21-5-4-6-22(15-21)29(32)33)24(23)27(31)20-13-9-18(2)10-14-20/h4-15,23-25H,16H2,1-3H3/t23-,24-,25+/m1/s1. The second kappa shape index (κ2) is 9.08. The van der Waals surface area contributed by atoms with Gasteiger partial charge in [0.25, 0.3) is 5.69 Å². The van der Waals surface area contributed by atoms with Gasteiger partial charge in [-0.15, -0.1) is 0 Å². The van der Waals surface area contributed by atoms with Crippen molar-refractivity contribution in [1.82, 2.24) is 4.90 Å². The molecule has 6 nitrogen and oxygen atoms in total. The number of likely N-dealkylation sites (tertiary alicyclic amines) is 1. The van der Waals surface area contributed by atoms with E-state index in [0.717, 1.165) is 11.1 Å². The van der Waals surface area contributed by atoms with Crippen molar-refractivity contribution in [2.45, 2.75) is 19.9 Å². The minimum atomic E-state index is -0.659. The first-order valence-electron chi connectivity index (χ1n) is 10.9. The summed E-state index contributed by atoms with van der Waals surface area (Å²) in [6.45, 7) is 4.30. The number of carbonyl (C=O) groups is 2. The SMILES string of the molecule is Cc1ccc(C(=O)[C@@H]2[C@H](C(=O)c3ccc(C)cc3)CN(C)[C@H]2c2cccc([N+](=O)[O-])c2)cc1. The number of nitro benzene ring substituents is 1. The van der Waals surface area contributed by atoms with Crippen molar-refractivity contribution in [2.24, 2.45) is 11.8 Å². The fourth-order valence-electron chi connectivity index (χ4n) is 4.73. The van der Waals surface area contributed by atoms with Gasteiger partial charge < -0.3 is 0 Å². The third-order valence-corrected chi connectivity index (χ3v) is 6.47. The number of nitrogens with zero attached hydrogens (tertiary/aromatic N) is 2. The summed E-state index contributed by atoms with van der Waals surface area (Å²) in [5.41, 5.74) is 3.83. The quantitative estimate of drug-likeness (QED) is 0.298. The molecular formula is C27H26N2O4. The summed E-state index contributed by atoms with van der Waals surface area (Å²) in [6.07, 6.45) is 0. The average Bonchev–Trinajstić information content (AvgIpc) is 3.16. The van der Waals surface area contributed by atoms with Crippen molar-refractivity contribution < 1.29 is 14.5 Å². The second-order valence-electron chi connectivity index (χ2n) is 8.83. The van der Waals surface area contributed by atoms with Crippen molar-refractivity contribution in [1.29, 1.82) is 0 Å². The molecule has 0 bridgehead atoms. The maximum absolute atomic E-state index is 13.8. The van der Waals surface area contributed by atoms with Crippen LogP contribution in [0.5, 0.6) is 0 Å². The molecule has 33 heavy (non-hydrogen) atoms.